The van der Waals surface area contributed by atoms with E-state index in [0.29, 0.717) is 22.6 Å². The summed E-state index contributed by atoms with van der Waals surface area (Å²) in [5, 5.41) is 2.77. The molecule has 0 bridgehead atoms. The Morgan fingerprint density at radius 3 is 1.85 bits per heavy atom. The van der Waals surface area contributed by atoms with Crippen LogP contribution in [0.25, 0.3) is 0 Å². The lowest BCUT2D eigenvalue weighted by atomic mass is 9.82. The fraction of sp³-hybridized carbons (Fsp3) is 0.200. The van der Waals surface area contributed by atoms with Crippen molar-refractivity contribution in [3.05, 3.63) is 95.1 Å². The van der Waals surface area contributed by atoms with Gasteiger partial charge in [-0.15, -0.1) is 0 Å². The molecular formula is C25H21F3N2O4. The number of rotatable bonds is 6. The molecule has 3 aromatic carbocycles. The predicted octanol–water partition coefficient (Wildman–Crippen LogP) is 4.72. The number of carbonyl (C=O) groups is 2. The molecule has 1 saturated heterocycles. The zero-order valence-corrected chi connectivity index (χ0v) is 18.3. The predicted molar refractivity (Wildman–Crippen MR) is 117 cm³/mol. The van der Waals surface area contributed by atoms with Crippen molar-refractivity contribution in [3.8, 4) is 11.5 Å². The molecule has 4 rings (SSSR count). The van der Waals surface area contributed by atoms with Crippen molar-refractivity contribution < 1.29 is 32.2 Å². The van der Waals surface area contributed by atoms with Gasteiger partial charge in [0.05, 0.1) is 26.3 Å². The Kier molecular flexibility index (Phi) is 5.95. The number of nitrogens with zero attached hydrogens (tertiary/aromatic N) is 1. The molecule has 3 aromatic rings. The molecule has 6 nitrogen and oxygen atoms in total. The minimum Gasteiger partial charge on any atom is -0.497 e. The third-order valence-corrected chi connectivity index (χ3v) is 5.75. The van der Waals surface area contributed by atoms with Gasteiger partial charge in [-0.3, -0.25) is 9.69 Å². The van der Waals surface area contributed by atoms with Gasteiger partial charge < -0.3 is 14.8 Å². The van der Waals surface area contributed by atoms with Crippen molar-refractivity contribution in [2.75, 3.05) is 14.2 Å². The second kappa shape index (κ2) is 8.74. The van der Waals surface area contributed by atoms with Crippen LogP contribution < -0.4 is 14.8 Å². The van der Waals surface area contributed by atoms with Crippen molar-refractivity contribution in [1.29, 1.82) is 0 Å². The fourth-order valence-corrected chi connectivity index (χ4v) is 3.99. The van der Waals surface area contributed by atoms with E-state index in [1.807, 2.05) is 0 Å². The van der Waals surface area contributed by atoms with E-state index in [0.717, 1.165) is 17.0 Å². The maximum atomic E-state index is 13.8. The van der Waals surface area contributed by atoms with Gasteiger partial charge in [-0.2, -0.15) is 13.2 Å². The molecular weight excluding hydrogens is 449 g/mol. The van der Waals surface area contributed by atoms with Gasteiger partial charge >= 0.3 is 12.2 Å². The molecule has 9 heteroatoms. The Morgan fingerprint density at radius 2 is 1.38 bits per heavy atom. The molecule has 0 aliphatic carbocycles. The normalized spacial score (nSPS) is 15.3. The third-order valence-electron chi connectivity index (χ3n) is 5.75. The second-order valence-electron chi connectivity index (χ2n) is 7.73. The fourth-order valence-electron chi connectivity index (χ4n) is 3.99. The third kappa shape index (κ3) is 4.05. The number of methoxy groups -OCH3 is 2. The van der Waals surface area contributed by atoms with Crippen LogP contribution in [0, 0.1) is 0 Å². The molecule has 176 valence electrons. The van der Waals surface area contributed by atoms with Crippen LogP contribution in [0.3, 0.4) is 0 Å². The first-order chi connectivity index (χ1) is 16.2. The quantitative estimate of drug-likeness (QED) is 0.530. The number of carbonyl (C=O) groups excluding carboxylic acids is 2. The number of hydrogen-bond donors (Lipinski definition) is 1. The van der Waals surface area contributed by atoms with E-state index in [2.05, 4.69) is 5.32 Å². The van der Waals surface area contributed by atoms with Crippen LogP contribution in [0.5, 0.6) is 11.5 Å². The maximum Gasteiger partial charge on any atom is 0.416 e. The van der Waals surface area contributed by atoms with Crippen LogP contribution in [0.1, 0.15) is 22.3 Å². The summed E-state index contributed by atoms with van der Waals surface area (Å²) in [4.78, 5) is 27.7. The van der Waals surface area contributed by atoms with E-state index >= 15 is 0 Å². The summed E-state index contributed by atoms with van der Waals surface area (Å²) in [5.74, 6) is 0.516. The molecule has 1 heterocycles. The first-order valence-electron chi connectivity index (χ1n) is 10.3. The number of alkyl halides is 3. The monoisotopic (exact) mass is 470 g/mol. The number of hydrogen-bond acceptors (Lipinski definition) is 4. The van der Waals surface area contributed by atoms with Crippen LogP contribution in [0.2, 0.25) is 0 Å². The van der Waals surface area contributed by atoms with Crippen molar-refractivity contribution in [2.24, 2.45) is 0 Å². The Morgan fingerprint density at radius 1 is 0.853 bits per heavy atom. The highest BCUT2D eigenvalue weighted by molar-refractivity contribution is 6.09. The largest absolute Gasteiger partial charge is 0.497 e. The van der Waals surface area contributed by atoms with Crippen LogP contribution in [0.4, 0.5) is 18.0 Å². The van der Waals surface area contributed by atoms with E-state index in [9.17, 15) is 22.8 Å². The van der Waals surface area contributed by atoms with Crippen LogP contribution in [0.15, 0.2) is 72.8 Å². The minimum atomic E-state index is -4.54. The van der Waals surface area contributed by atoms with Crippen LogP contribution in [-0.4, -0.2) is 31.1 Å². The molecule has 0 unspecified atom stereocenters. The summed E-state index contributed by atoms with van der Waals surface area (Å²) in [7, 11) is 3.01. The number of halogens is 3. The van der Waals surface area contributed by atoms with Gasteiger partial charge in [-0.25, -0.2) is 4.79 Å². The highest BCUT2D eigenvalue weighted by Gasteiger charge is 2.53. The Balaban J connectivity index is 1.77. The minimum absolute atomic E-state index is 0.179. The maximum absolute atomic E-state index is 13.8. The van der Waals surface area contributed by atoms with Crippen molar-refractivity contribution in [3.63, 3.8) is 0 Å². The average Bonchev–Trinajstić information content (AvgIpc) is 3.09. The summed E-state index contributed by atoms with van der Waals surface area (Å²) in [5.41, 5.74) is -1.30. The zero-order chi connectivity index (χ0) is 24.5. The van der Waals surface area contributed by atoms with Gasteiger partial charge in [-0.1, -0.05) is 36.4 Å². The highest BCUT2D eigenvalue weighted by atomic mass is 19.4. The number of imide groups is 1. The van der Waals surface area contributed by atoms with Gasteiger partial charge in [0.2, 0.25) is 0 Å². The lowest BCUT2D eigenvalue weighted by Crippen LogP contribution is -2.45. The smallest absolute Gasteiger partial charge is 0.416 e. The Hall–Kier alpha value is -4.01. The molecule has 34 heavy (non-hydrogen) atoms. The lowest BCUT2D eigenvalue weighted by Gasteiger charge is -2.28. The number of urea groups is 1. The molecule has 1 aliphatic rings. The first-order valence-corrected chi connectivity index (χ1v) is 10.3. The van der Waals surface area contributed by atoms with Crippen molar-refractivity contribution in [1.82, 2.24) is 10.2 Å². The molecule has 0 spiro atoms. The number of ether oxygens (including phenoxy) is 2. The number of amides is 3. The second-order valence-corrected chi connectivity index (χ2v) is 7.73. The summed E-state index contributed by atoms with van der Waals surface area (Å²) in [6.45, 7) is -0.317. The summed E-state index contributed by atoms with van der Waals surface area (Å²) in [6, 6.07) is 17.1. The highest BCUT2D eigenvalue weighted by Crippen LogP contribution is 2.38. The molecule has 3 amide bonds. The molecule has 0 atom stereocenters. The summed E-state index contributed by atoms with van der Waals surface area (Å²) in [6.07, 6.45) is -4.54. The molecule has 1 N–H and O–H groups in total. The summed E-state index contributed by atoms with van der Waals surface area (Å²) >= 11 is 0. The molecule has 0 aromatic heterocycles. The van der Waals surface area contributed by atoms with Gasteiger partial charge in [0.1, 0.15) is 11.5 Å². The van der Waals surface area contributed by atoms with E-state index in [-0.39, 0.29) is 12.1 Å². The average molecular weight is 470 g/mol. The zero-order valence-electron chi connectivity index (χ0n) is 18.3. The van der Waals surface area contributed by atoms with Crippen LogP contribution in [-0.2, 0) is 23.1 Å². The number of nitrogens with one attached hydrogen (secondary N) is 1. The molecule has 0 saturated carbocycles. The van der Waals surface area contributed by atoms with Gasteiger partial charge in [0.25, 0.3) is 5.91 Å². The molecule has 1 fully saturated rings. The SMILES string of the molecule is COc1ccc(C2(c3ccc(OC)cc3)NC(=O)N(Cc3cccc(C(F)(F)F)c3)C2=O)cc1. The van der Waals surface area contributed by atoms with Gasteiger partial charge in [0.15, 0.2) is 5.54 Å². The molecule has 0 radical (unpaired) electrons. The topological polar surface area (TPSA) is 67.9 Å². The summed E-state index contributed by atoms with van der Waals surface area (Å²) < 4.78 is 49.8. The Labute approximate surface area is 193 Å². The Bertz CT molecular complexity index is 1160. The number of benzene rings is 3. The van der Waals surface area contributed by atoms with Gasteiger partial charge in [-0.05, 0) is 53.1 Å². The lowest BCUT2D eigenvalue weighted by molar-refractivity contribution is -0.137. The van der Waals surface area contributed by atoms with E-state index in [1.165, 1.54) is 26.4 Å². The standard InChI is InChI=1S/C25H21F3N2O4/c1-33-20-10-6-17(7-11-20)24(18-8-12-21(34-2)13-9-18)22(31)30(23(32)29-24)15-16-4-3-5-19(14-16)25(26,27)28/h3-14H,15H2,1-2H3,(H,29,32). The molecule has 1 aliphatic heterocycles. The van der Waals surface area contributed by atoms with E-state index in [4.69, 9.17) is 9.47 Å². The van der Waals surface area contributed by atoms with Crippen molar-refractivity contribution in [2.45, 2.75) is 18.3 Å². The van der Waals surface area contributed by atoms with Crippen LogP contribution >= 0.6 is 0 Å². The van der Waals surface area contributed by atoms with E-state index in [1.54, 1.807) is 48.5 Å². The van der Waals surface area contributed by atoms with E-state index < -0.39 is 29.2 Å². The van der Waals surface area contributed by atoms with Gasteiger partial charge in [0, 0.05) is 0 Å². The first kappa shape index (κ1) is 23.2. The van der Waals surface area contributed by atoms with Crippen molar-refractivity contribution >= 4 is 11.9 Å².